The van der Waals surface area contributed by atoms with E-state index in [1.54, 1.807) is 18.9 Å². The Bertz CT molecular complexity index is 652. The van der Waals surface area contributed by atoms with E-state index in [4.69, 9.17) is 10.6 Å². The van der Waals surface area contributed by atoms with Crippen molar-refractivity contribution in [3.63, 3.8) is 0 Å². The van der Waals surface area contributed by atoms with Crippen molar-refractivity contribution in [1.29, 1.82) is 0 Å². The van der Waals surface area contributed by atoms with Gasteiger partial charge in [-0.05, 0) is 19.4 Å². The van der Waals surface area contributed by atoms with Crippen LogP contribution in [0.25, 0.3) is 0 Å². The first-order valence-corrected chi connectivity index (χ1v) is 7.13. The van der Waals surface area contributed by atoms with Crippen molar-refractivity contribution >= 4 is 11.9 Å². The molecule has 2 rings (SSSR count). The molecule has 1 aromatic rings. The lowest BCUT2D eigenvalue weighted by Crippen LogP contribution is -2.34. The molecule has 1 atom stereocenters. The standard InChI is InChI=1S/C17H20N2O4/c1-10-13(16(20)22-4)15(12-8-6-5-7-9-12)14(17(21)23-18)11(2)19(10)3/h5-9,15H,18H2,1-4H3. The lowest BCUT2D eigenvalue weighted by Gasteiger charge is -2.35. The van der Waals surface area contributed by atoms with Crippen LogP contribution >= 0.6 is 0 Å². The second kappa shape index (κ2) is 6.66. The van der Waals surface area contributed by atoms with E-state index >= 15 is 0 Å². The highest BCUT2D eigenvalue weighted by Gasteiger charge is 2.39. The van der Waals surface area contributed by atoms with Crippen LogP contribution in [0.1, 0.15) is 25.3 Å². The van der Waals surface area contributed by atoms with E-state index in [2.05, 4.69) is 4.84 Å². The Labute approximate surface area is 135 Å². The number of nitrogens with two attached hydrogens (primary N) is 1. The summed E-state index contributed by atoms with van der Waals surface area (Å²) in [6.45, 7) is 3.61. The summed E-state index contributed by atoms with van der Waals surface area (Å²) in [5.41, 5.74) is 2.91. The molecule has 0 bridgehead atoms. The summed E-state index contributed by atoms with van der Waals surface area (Å²) >= 11 is 0. The van der Waals surface area contributed by atoms with Crippen LogP contribution in [0.2, 0.25) is 0 Å². The average Bonchev–Trinajstić information content (AvgIpc) is 2.58. The van der Waals surface area contributed by atoms with Gasteiger partial charge in [0.05, 0.1) is 24.2 Å². The summed E-state index contributed by atoms with van der Waals surface area (Å²) in [6, 6.07) is 9.26. The lowest BCUT2D eigenvalue weighted by atomic mass is 9.80. The van der Waals surface area contributed by atoms with Crippen molar-refractivity contribution in [3.8, 4) is 0 Å². The number of carbonyl (C=O) groups is 2. The van der Waals surface area contributed by atoms with Gasteiger partial charge in [0, 0.05) is 18.4 Å². The van der Waals surface area contributed by atoms with Crippen LogP contribution in [0, 0.1) is 0 Å². The van der Waals surface area contributed by atoms with Crippen molar-refractivity contribution in [3.05, 3.63) is 58.4 Å². The highest BCUT2D eigenvalue weighted by molar-refractivity contribution is 5.99. The molecule has 1 heterocycles. The molecule has 0 radical (unpaired) electrons. The first kappa shape index (κ1) is 16.8. The van der Waals surface area contributed by atoms with Gasteiger partial charge in [0.2, 0.25) is 0 Å². The van der Waals surface area contributed by atoms with Crippen molar-refractivity contribution in [2.75, 3.05) is 14.2 Å². The van der Waals surface area contributed by atoms with Crippen LogP contribution in [0.3, 0.4) is 0 Å². The summed E-state index contributed by atoms with van der Waals surface area (Å²) in [7, 11) is 3.09. The largest absolute Gasteiger partial charge is 0.466 e. The maximum atomic E-state index is 12.4. The van der Waals surface area contributed by atoms with Gasteiger partial charge < -0.3 is 14.5 Å². The molecule has 0 saturated heterocycles. The third-order valence-electron chi connectivity index (χ3n) is 4.23. The van der Waals surface area contributed by atoms with E-state index in [0.29, 0.717) is 16.8 Å². The van der Waals surface area contributed by atoms with Crippen molar-refractivity contribution in [2.24, 2.45) is 5.90 Å². The minimum absolute atomic E-state index is 0.326. The van der Waals surface area contributed by atoms with Crippen LogP contribution in [-0.4, -0.2) is 31.0 Å². The van der Waals surface area contributed by atoms with Crippen LogP contribution in [0.4, 0.5) is 0 Å². The van der Waals surface area contributed by atoms with E-state index in [-0.39, 0.29) is 0 Å². The van der Waals surface area contributed by atoms with Gasteiger partial charge in [0.1, 0.15) is 0 Å². The SMILES string of the molecule is COC(=O)C1=C(C)N(C)C(C)=C(C(=O)ON)C1c1ccccc1. The summed E-state index contributed by atoms with van der Waals surface area (Å²) in [6.07, 6.45) is 0. The number of esters is 1. The first-order valence-electron chi connectivity index (χ1n) is 7.13. The molecule has 0 saturated carbocycles. The number of nitrogens with zero attached hydrogens (tertiary/aromatic N) is 1. The predicted octanol–water partition coefficient (Wildman–Crippen LogP) is 1.85. The van der Waals surface area contributed by atoms with Crippen LogP contribution in [0.5, 0.6) is 0 Å². The predicted molar refractivity (Wildman–Crippen MR) is 84.6 cm³/mol. The topological polar surface area (TPSA) is 81.9 Å². The summed E-state index contributed by atoms with van der Waals surface area (Å²) in [5, 5.41) is 0. The van der Waals surface area contributed by atoms with Gasteiger partial charge in [-0.25, -0.2) is 9.59 Å². The quantitative estimate of drug-likeness (QED) is 0.677. The van der Waals surface area contributed by atoms with Crippen molar-refractivity contribution in [2.45, 2.75) is 19.8 Å². The molecule has 0 spiro atoms. The Balaban J connectivity index is 2.74. The molecule has 0 aromatic heterocycles. The molecule has 1 unspecified atom stereocenters. The molecule has 6 nitrogen and oxygen atoms in total. The van der Waals surface area contributed by atoms with Gasteiger partial charge in [-0.1, -0.05) is 30.3 Å². The van der Waals surface area contributed by atoms with Gasteiger partial charge >= 0.3 is 11.9 Å². The summed E-state index contributed by atoms with van der Waals surface area (Å²) < 4.78 is 4.93. The molecular weight excluding hydrogens is 296 g/mol. The molecule has 6 heteroatoms. The Kier molecular flexibility index (Phi) is 4.86. The maximum Gasteiger partial charge on any atom is 0.355 e. The molecule has 1 aromatic carbocycles. The molecule has 23 heavy (non-hydrogen) atoms. The third kappa shape index (κ3) is 2.85. The number of hydrogen-bond donors (Lipinski definition) is 1. The fraction of sp³-hybridized carbons (Fsp3) is 0.294. The molecular formula is C17H20N2O4. The summed E-state index contributed by atoms with van der Waals surface area (Å²) in [4.78, 5) is 30.8. The van der Waals surface area contributed by atoms with Gasteiger partial charge in [-0.3, -0.25) is 0 Å². The normalized spacial score (nSPS) is 18.1. The number of hydrogen-bond acceptors (Lipinski definition) is 6. The molecule has 0 aliphatic carbocycles. The van der Waals surface area contributed by atoms with Gasteiger partial charge in [-0.15, -0.1) is 0 Å². The minimum Gasteiger partial charge on any atom is -0.466 e. The molecule has 0 fully saturated rings. The highest BCUT2D eigenvalue weighted by atomic mass is 16.7. The van der Waals surface area contributed by atoms with E-state index in [1.807, 2.05) is 37.3 Å². The second-order valence-corrected chi connectivity index (χ2v) is 5.30. The zero-order valence-corrected chi connectivity index (χ0v) is 13.6. The molecule has 1 aliphatic rings. The fourth-order valence-electron chi connectivity index (χ4n) is 2.86. The fourth-order valence-corrected chi connectivity index (χ4v) is 2.86. The lowest BCUT2D eigenvalue weighted by molar-refractivity contribution is -0.140. The van der Waals surface area contributed by atoms with E-state index in [0.717, 1.165) is 11.3 Å². The number of methoxy groups -OCH3 is 1. The van der Waals surface area contributed by atoms with Gasteiger partial charge in [0.25, 0.3) is 0 Å². The highest BCUT2D eigenvalue weighted by Crippen LogP contribution is 2.41. The number of allylic oxidation sites excluding steroid dienone is 2. The molecule has 2 N–H and O–H groups in total. The zero-order valence-electron chi connectivity index (χ0n) is 13.6. The smallest absolute Gasteiger partial charge is 0.355 e. The second-order valence-electron chi connectivity index (χ2n) is 5.30. The number of ether oxygens (including phenoxy) is 1. The molecule has 1 aliphatic heterocycles. The Morgan fingerprint density at radius 3 is 2.04 bits per heavy atom. The van der Waals surface area contributed by atoms with Gasteiger partial charge in [0.15, 0.2) is 0 Å². The summed E-state index contributed by atoms with van der Waals surface area (Å²) in [5.74, 6) is 3.36. The first-order chi connectivity index (χ1) is 10.9. The van der Waals surface area contributed by atoms with Crippen molar-refractivity contribution in [1.82, 2.24) is 4.90 Å². The van der Waals surface area contributed by atoms with Crippen molar-refractivity contribution < 1.29 is 19.2 Å². The molecule has 122 valence electrons. The minimum atomic E-state index is -0.669. The third-order valence-corrected chi connectivity index (χ3v) is 4.23. The van der Waals surface area contributed by atoms with E-state index in [9.17, 15) is 9.59 Å². The van der Waals surface area contributed by atoms with Crippen LogP contribution < -0.4 is 5.90 Å². The monoisotopic (exact) mass is 316 g/mol. The van der Waals surface area contributed by atoms with Crippen LogP contribution in [-0.2, 0) is 19.2 Å². The van der Waals surface area contributed by atoms with Gasteiger partial charge in [-0.2, -0.15) is 5.90 Å². The number of benzene rings is 1. The molecule has 0 amide bonds. The Morgan fingerprint density at radius 2 is 1.57 bits per heavy atom. The zero-order chi connectivity index (χ0) is 17.1. The van der Waals surface area contributed by atoms with Crippen LogP contribution in [0.15, 0.2) is 52.9 Å². The Morgan fingerprint density at radius 1 is 1.04 bits per heavy atom. The average molecular weight is 316 g/mol. The Hall–Kier alpha value is -2.60. The number of rotatable bonds is 3. The van der Waals surface area contributed by atoms with E-state index in [1.165, 1.54) is 7.11 Å². The van der Waals surface area contributed by atoms with E-state index < -0.39 is 17.9 Å². The number of carbonyl (C=O) groups excluding carboxylic acids is 2. The maximum absolute atomic E-state index is 12.4.